The Morgan fingerprint density at radius 1 is 0.765 bits per heavy atom. The van der Waals surface area contributed by atoms with E-state index in [1.807, 2.05) is 74.5 Å². The molecule has 0 radical (unpaired) electrons. The van der Waals surface area contributed by atoms with Crippen LogP contribution in [0.15, 0.2) is 66.7 Å². The van der Waals surface area contributed by atoms with Gasteiger partial charge in [0.1, 0.15) is 5.75 Å². The van der Waals surface area contributed by atoms with E-state index in [1.165, 1.54) is 0 Å². The van der Waals surface area contributed by atoms with Crippen LogP contribution in [0.1, 0.15) is 13.8 Å². The molecule has 1 N–H and O–H groups in total. The minimum Gasteiger partial charge on any atom is -0.507 e. The van der Waals surface area contributed by atoms with E-state index in [2.05, 4.69) is 0 Å². The van der Waals surface area contributed by atoms with E-state index < -0.39 is 0 Å². The molecule has 0 saturated heterocycles. The van der Waals surface area contributed by atoms with Crippen molar-refractivity contribution in [1.29, 1.82) is 0 Å². The van der Waals surface area contributed by atoms with Crippen molar-refractivity contribution in [3.05, 3.63) is 66.7 Å². The van der Waals surface area contributed by atoms with Crippen LogP contribution < -0.4 is 0 Å². The Morgan fingerprint density at radius 3 is 1.82 bits per heavy atom. The van der Waals surface area contributed by atoms with Crippen LogP contribution in [0.2, 0.25) is 0 Å². The van der Waals surface area contributed by atoms with Gasteiger partial charge in [0.15, 0.2) is 0 Å². The predicted octanol–water partition coefficient (Wildman–Crippen LogP) is 4.64. The first-order valence-electron chi connectivity index (χ1n) is 5.70. The third kappa shape index (κ3) is 4.15. The summed E-state index contributed by atoms with van der Waals surface area (Å²) in [6.07, 6.45) is 4.00. The van der Waals surface area contributed by atoms with Crippen LogP contribution in [-0.2, 0) is 0 Å². The Bertz CT molecular complexity index is 454. The second-order valence-electron chi connectivity index (χ2n) is 3.55. The number of hydrogen-bond donors (Lipinski definition) is 1. The molecule has 1 heteroatoms. The number of phenolic OH excluding ortho intramolecular Hbond substituents is 1. The first-order valence-corrected chi connectivity index (χ1v) is 5.70. The highest BCUT2D eigenvalue weighted by Crippen LogP contribution is 2.27. The highest BCUT2D eigenvalue weighted by atomic mass is 16.3. The number of aromatic hydroxyl groups is 1. The van der Waals surface area contributed by atoms with E-state index in [0.717, 1.165) is 11.1 Å². The molecule has 2 rings (SSSR count). The topological polar surface area (TPSA) is 20.2 Å². The quantitative estimate of drug-likeness (QED) is 0.702. The maximum Gasteiger partial charge on any atom is 0.123 e. The number of hydrogen-bond acceptors (Lipinski definition) is 1. The molecule has 0 bridgehead atoms. The summed E-state index contributed by atoms with van der Waals surface area (Å²) in [4.78, 5) is 0. The smallest absolute Gasteiger partial charge is 0.123 e. The third-order valence-electron chi connectivity index (χ3n) is 2.32. The van der Waals surface area contributed by atoms with E-state index in [4.69, 9.17) is 0 Å². The Hall–Kier alpha value is -2.02. The Morgan fingerprint density at radius 2 is 1.29 bits per heavy atom. The van der Waals surface area contributed by atoms with Crippen LogP contribution >= 0.6 is 0 Å². The van der Waals surface area contributed by atoms with Crippen molar-refractivity contribution >= 4 is 0 Å². The SMILES string of the molecule is CC=CC.Oc1ccccc1-c1ccccc1. The number of benzene rings is 2. The van der Waals surface area contributed by atoms with Crippen LogP contribution in [0, 0.1) is 0 Å². The van der Waals surface area contributed by atoms with Crippen molar-refractivity contribution in [1.82, 2.24) is 0 Å². The molecule has 0 unspecified atom stereocenters. The van der Waals surface area contributed by atoms with Gasteiger partial charge in [0.25, 0.3) is 0 Å². The molecule has 0 saturated carbocycles. The van der Waals surface area contributed by atoms with Gasteiger partial charge < -0.3 is 5.11 Å². The Kier molecular flexibility index (Phi) is 5.59. The van der Waals surface area contributed by atoms with E-state index in [0.29, 0.717) is 5.75 Å². The maximum absolute atomic E-state index is 9.56. The lowest BCUT2D eigenvalue weighted by atomic mass is 10.1. The van der Waals surface area contributed by atoms with Gasteiger partial charge in [-0.2, -0.15) is 0 Å². The van der Waals surface area contributed by atoms with Crippen molar-refractivity contribution in [2.45, 2.75) is 13.8 Å². The van der Waals surface area contributed by atoms with Crippen molar-refractivity contribution in [2.75, 3.05) is 0 Å². The minimum absolute atomic E-state index is 0.328. The van der Waals surface area contributed by atoms with Crippen molar-refractivity contribution in [3.63, 3.8) is 0 Å². The monoisotopic (exact) mass is 226 g/mol. The first kappa shape index (κ1) is 13.0. The van der Waals surface area contributed by atoms with E-state index in [-0.39, 0.29) is 0 Å². The third-order valence-corrected chi connectivity index (χ3v) is 2.32. The van der Waals surface area contributed by atoms with Gasteiger partial charge in [0.05, 0.1) is 0 Å². The summed E-state index contributed by atoms with van der Waals surface area (Å²) >= 11 is 0. The van der Waals surface area contributed by atoms with Crippen LogP contribution in [0.5, 0.6) is 5.75 Å². The summed E-state index contributed by atoms with van der Waals surface area (Å²) in [6, 6.07) is 17.2. The van der Waals surface area contributed by atoms with Crippen molar-refractivity contribution < 1.29 is 5.11 Å². The molecule has 88 valence electrons. The molecule has 0 aliphatic carbocycles. The lowest BCUT2D eigenvalue weighted by molar-refractivity contribution is 0.477. The van der Waals surface area contributed by atoms with Gasteiger partial charge >= 0.3 is 0 Å². The average molecular weight is 226 g/mol. The van der Waals surface area contributed by atoms with Gasteiger partial charge in [0.2, 0.25) is 0 Å². The standard InChI is InChI=1S/C12H10O.C4H8/c13-12-9-5-4-8-11(12)10-6-2-1-3-7-10;1-3-4-2/h1-9,13H;3-4H,1-2H3. The summed E-state index contributed by atoms with van der Waals surface area (Å²) in [6.45, 7) is 4.00. The summed E-state index contributed by atoms with van der Waals surface area (Å²) in [5.74, 6) is 0.328. The largest absolute Gasteiger partial charge is 0.507 e. The van der Waals surface area contributed by atoms with Gasteiger partial charge in [-0.15, -0.1) is 0 Å². The number of para-hydroxylation sites is 1. The summed E-state index contributed by atoms with van der Waals surface area (Å²) in [5.41, 5.74) is 1.92. The van der Waals surface area contributed by atoms with Gasteiger partial charge in [-0.05, 0) is 25.5 Å². The molecule has 0 amide bonds. The number of rotatable bonds is 1. The number of phenols is 1. The molecule has 1 nitrogen and oxygen atoms in total. The second kappa shape index (κ2) is 7.29. The predicted molar refractivity (Wildman–Crippen MR) is 74.0 cm³/mol. The Labute approximate surface area is 103 Å². The highest BCUT2D eigenvalue weighted by molar-refractivity contribution is 5.69. The zero-order chi connectivity index (χ0) is 12.5. The summed E-state index contributed by atoms with van der Waals surface area (Å²) < 4.78 is 0. The van der Waals surface area contributed by atoms with Crippen molar-refractivity contribution in [2.24, 2.45) is 0 Å². The molecule has 0 heterocycles. The van der Waals surface area contributed by atoms with Gasteiger partial charge in [0, 0.05) is 5.56 Å². The van der Waals surface area contributed by atoms with Crippen LogP contribution in [-0.4, -0.2) is 5.11 Å². The first-order chi connectivity index (χ1) is 8.29. The fourth-order valence-electron chi connectivity index (χ4n) is 1.34. The average Bonchev–Trinajstić information content (AvgIpc) is 2.41. The van der Waals surface area contributed by atoms with Crippen LogP contribution in [0.4, 0.5) is 0 Å². The van der Waals surface area contributed by atoms with Gasteiger partial charge in [-0.25, -0.2) is 0 Å². The van der Waals surface area contributed by atoms with Crippen molar-refractivity contribution in [3.8, 4) is 16.9 Å². The summed E-state index contributed by atoms with van der Waals surface area (Å²) in [5, 5.41) is 9.56. The second-order valence-corrected chi connectivity index (χ2v) is 3.55. The molecule has 0 fully saturated rings. The number of allylic oxidation sites excluding steroid dienone is 2. The Balaban J connectivity index is 0.000000317. The normalized spacial score (nSPS) is 9.76. The summed E-state index contributed by atoms with van der Waals surface area (Å²) in [7, 11) is 0. The maximum atomic E-state index is 9.56. The fraction of sp³-hybridized carbons (Fsp3) is 0.125. The molecule has 0 aliphatic heterocycles. The molecule has 2 aromatic carbocycles. The highest BCUT2D eigenvalue weighted by Gasteiger charge is 2.00. The molecule has 0 atom stereocenters. The molecule has 0 aromatic heterocycles. The molecular formula is C16H18O. The van der Waals surface area contributed by atoms with E-state index in [1.54, 1.807) is 6.07 Å². The minimum atomic E-state index is 0.328. The lowest BCUT2D eigenvalue weighted by Gasteiger charge is -2.02. The van der Waals surface area contributed by atoms with Crippen LogP contribution in [0.3, 0.4) is 0 Å². The molecule has 0 spiro atoms. The van der Waals surface area contributed by atoms with E-state index >= 15 is 0 Å². The zero-order valence-electron chi connectivity index (χ0n) is 10.3. The molecule has 2 aromatic rings. The fourth-order valence-corrected chi connectivity index (χ4v) is 1.34. The zero-order valence-corrected chi connectivity index (χ0v) is 10.3. The van der Waals surface area contributed by atoms with Gasteiger partial charge in [-0.3, -0.25) is 0 Å². The molecule has 17 heavy (non-hydrogen) atoms. The van der Waals surface area contributed by atoms with Gasteiger partial charge in [-0.1, -0.05) is 60.7 Å². The lowest BCUT2D eigenvalue weighted by Crippen LogP contribution is -1.76. The molecular weight excluding hydrogens is 208 g/mol. The van der Waals surface area contributed by atoms with E-state index in [9.17, 15) is 5.11 Å². The van der Waals surface area contributed by atoms with Crippen LogP contribution in [0.25, 0.3) is 11.1 Å². The molecule has 0 aliphatic rings.